The number of rotatable bonds is 4. The molecule has 0 spiro atoms. The van der Waals surface area contributed by atoms with Crippen LogP contribution in [0.5, 0.6) is 0 Å². The molecule has 0 aliphatic heterocycles. The zero-order chi connectivity index (χ0) is 20.0. The Bertz CT molecular complexity index is 329. The fraction of sp³-hybridized carbons (Fsp3) is 0.571. The number of hydrogen-bond donors (Lipinski definition) is 2. The van der Waals surface area contributed by atoms with Crippen molar-refractivity contribution < 1.29 is 60.5 Å². The second-order valence-electron chi connectivity index (χ2n) is 3.31. The number of aliphatic hydroxyl groups excluding tert-OH is 2. The Morgan fingerprint density at radius 3 is 1.00 bits per heavy atom. The van der Waals surface area contributed by atoms with Gasteiger partial charge in [0.15, 0.2) is 0 Å². The van der Waals surface area contributed by atoms with Crippen molar-refractivity contribution in [3.05, 3.63) is 34.7 Å². The molecule has 0 amide bonds. The van der Waals surface area contributed by atoms with Crippen molar-refractivity contribution in [2.24, 2.45) is 0 Å². The normalized spacial score (nSPS) is 9.12. The van der Waals surface area contributed by atoms with Crippen molar-refractivity contribution in [3.63, 3.8) is 0 Å². The van der Waals surface area contributed by atoms with E-state index in [4.69, 9.17) is 10.2 Å². The van der Waals surface area contributed by atoms with E-state index in [9.17, 15) is 9.59 Å². The Kier molecular flexibility index (Phi) is 41.7. The number of carbonyl (C=O) groups excluding carboxylic acids is 2. The summed E-state index contributed by atoms with van der Waals surface area (Å²) in [6.07, 6.45) is 1.67. The first-order valence-electron chi connectivity index (χ1n) is 6.25. The minimum Gasteiger partial charge on any atom is -0.668 e. The van der Waals surface area contributed by atoms with Gasteiger partial charge in [-0.1, -0.05) is 0 Å². The molecule has 0 saturated heterocycles. The SMILES string of the molecule is COC(=O)/C=C(\O)OC.COC(=O)/C=C(\O)OC.C[N-]C.C[N-]C.[Ti+2]. The molecular weight excluding hydrogens is 372 g/mol. The van der Waals surface area contributed by atoms with E-state index in [0.717, 1.165) is 12.2 Å². The van der Waals surface area contributed by atoms with E-state index >= 15 is 0 Å². The Morgan fingerprint density at radius 1 is 0.680 bits per heavy atom. The molecule has 10 nitrogen and oxygen atoms in total. The first kappa shape index (κ1) is 34.6. The van der Waals surface area contributed by atoms with E-state index in [-0.39, 0.29) is 21.7 Å². The monoisotopic (exact) mass is 400 g/mol. The summed E-state index contributed by atoms with van der Waals surface area (Å²) in [6.45, 7) is 0. The van der Waals surface area contributed by atoms with Crippen LogP contribution in [0.25, 0.3) is 10.6 Å². The van der Waals surface area contributed by atoms with E-state index in [0.29, 0.717) is 0 Å². The van der Waals surface area contributed by atoms with Gasteiger partial charge in [-0.25, -0.2) is 9.59 Å². The summed E-state index contributed by atoms with van der Waals surface area (Å²) in [7, 11) is 11.9. The van der Waals surface area contributed by atoms with Crippen LogP contribution in [0.3, 0.4) is 0 Å². The van der Waals surface area contributed by atoms with Crippen molar-refractivity contribution in [2.45, 2.75) is 0 Å². The summed E-state index contributed by atoms with van der Waals surface area (Å²) in [5.41, 5.74) is 0. The summed E-state index contributed by atoms with van der Waals surface area (Å²) >= 11 is 0. The number of ether oxygens (including phenoxy) is 4. The maximum atomic E-state index is 10.2. The van der Waals surface area contributed by atoms with Crippen LogP contribution in [0.2, 0.25) is 0 Å². The van der Waals surface area contributed by atoms with Crippen LogP contribution < -0.4 is 0 Å². The predicted molar refractivity (Wildman–Crippen MR) is 89.9 cm³/mol. The molecule has 0 aromatic carbocycles. The average molecular weight is 400 g/mol. The Hall–Kier alpha value is -1.75. The number of aliphatic hydroxyl groups is 2. The molecule has 0 saturated carbocycles. The van der Waals surface area contributed by atoms with Crippen LogP contribution in [0.15, 0.2) is 24.0 Å². The smallest absolute Gasteiger partial charge is 0.668 e. The summed E-state index contributed by atoms with van der Waals surface area (Å²) in [6, 6.07) is 0. The van der Waals surface area contributed by atoms with Gasteiger partial charge in [-0.15, -0.1) is 0 Å². The molecule has 0 radical (unpaired) electrons. The molecule has 146 valence electrons. The molecule has 0 aliphatic carbocycles. The molecule has 0 rings (SSSR count). The fourth-order valence-electron chi connectivity index (χ4n) is 0.437. The van der Waals surface area contributed by atoms with Crippen LogP contribution in [0, 0.1) is 0 Å². The topological polar surface area (TPSA) is 140 Å². The Balaban J connectivity index is -0.0000000788. The second-order valence-corrected chi connectivity index (χ2v) is 3.31. The second kappa shape index (κ2) is 30.2. The molecule has 11 heteroatoms. The number of hydrogen-bond acceptors (Lipinski definition) is 8. The van der Waals surface area contributed by atoms with Crippen LogP contribution in [-0.2, 0) is 50.3 Å². The van der Waals surface area contributed by atoms with Gasteiger partial charge in [0.1, 0.15) is 12.2 Å². The van der Waals surface area contributed by atoms with Crippen LogP contribution >= 0.6 is 0 Å². The third-order valence-corrected chi connectivity index (χ3v) is 1.30. The van der Waals surface area contributed by atoms with Gasteiger partial charge < -0.3 is 39.8 Å². The zero-order valence-electron chi connectivity index (χ0n) is 15.9. The fourth-order valence-corrected chi connectivity index (χ4v) is 0.437. The van der Waals surface area contributed by atoms with Gasteiger partial charge in [0, 0.05) is 0 Å². The molecule has 0 aromatic heterocycles. The van der Waals surface area contributed by atoms with Crippen LogP contribution in [0.4, 0.5) is 0 Å². The van der Waals surface area contributed by atoms with Gasteiger partial charge in [-0.2, -0.15) is 28.2 Å². The summed E-state index contributed by atoms with van der Waals surface area (Å²) < 4.78 is 16.8. The Labute approximate surface area is 164 Å². The van der Waals surface area contributed by atoms with E-state index in [1.165, 1.54) is 28.4 Å². The van der Waals surface area contributed by atoms with Crippen molar-refractivity contribution in [3.8, 4) is 0 Å². The third-order valence-electron chi connectivity index (χ3n) is 1.30. The largest absolute Gasteiger partial charge is 2.00 e. The van der Waals surface area contributed by atoms with E-state index in [1.54, 1.807) is 28.2 Å². The van der Waals surface area contributed by atoms with Gasteiger partial charge >= 0.3 is 33.7 Å². The van der Waals surface area contributed by atoms with Gasteiger partial charge in [0.25, 0.3) is 11.9 Å². The van der Waals surface area contributed by atoms with Gasteiger partial charge in [0.05, 0.1) is 28.4 Å². The zero-order valence-corrected chi connectivity index (χ0v) is 17.5. The maximum absolute atomic E-state index is 10.2. The summed E-state index contributed by atoms with van der Waals surface area (Å²) in [5, 5.41) is 24.0. The van der Waals surface area contributed by atoms with Crippen LogP contribution in [-0.4, -0.2) is 78.8 Å². The van der Waals surface area contributed by atoms with Crippen molar-refractivity contribution >= 4 is 11.9 Å². The number of methoxy groups -OCH3 is 4. The molecule has 0 aromatic rings. The molecule has 2 N–H and O–H groups in total. The van der Waals surface area contributed by atoms with Crippen molar-refractivity contribution in [1.29, 1.82) is 0 Å². The molecule has 0 heterocycles. The first-order valence-corrected chi connectivity index (χ1v) is 6.25. The molecule has 0 bridgehead atoms. The molecular formula is C14H28N2O8Ti. The molecule has 25 heavy (non-hydrogen) atoms. The minimum atomic E-state index is -0.644. The quantitative estimate of drug-likeness (QED) is 0.314. The van der Waals surface area contributed by atoms with Gasteiger partial charge in [-0.3, -0.25) is 0 Å². The standard InChI is InChI=1S/2C5H8O4.2C2H6N.Ti/c2*1-8-4(6)3-5(7)9-2;2*1-3-2;/h2*3,6H,1-2H3;2*1-2H3;/q;;2*-1;+2/b2*4-3+;;;. The molecule has 0 atom stereocenters. The van der Waals surface area contributed by atoms with E-state index in [2.05, 4.69) is 29.6 Å². The summed E-state index contributed by atoms with van der Waals surface area (Å²) in [4.78, 5) is 20.5. The summed E-state index contributed by atoms with van der Waals surface area (Å²) in [5.74, 6) is -2.20. The molecule has 0 unspecified atom stereocenters. The first-order chi connectivity index (χ1) is 11.2. The van der Waals surface area contributed by atoms with Crippen molar-refractivity contribution in [1.82, 2.24) is 0 Å². The van der Waals surface area contributed by atoms with E-state index < -0.39 is 23.8 Å². The number of esters is 2. The molecule has 0 aliphatic rings. The average Bonchev–Trinajstić information content (AvgIpc) is 2.56. The minimum absolute atomic E-state index is 0. The van der Waals surface area contributed by atoms with Gasteiger partial charge in [0.2, 0.25) is 0 Å². The van der Waals surface area contributed by atoms with Crippen molar-refractivity contribution in [2.75, 3.05) is 56.6 Å². The Morgan fingerprint density at radius 2 is 0.880 bits per heavy atom. The third kappa shape index (κ3) is 44.9. The van der Waals surface area contributed by atoms with E-state index in [1.807, 2.05) is 0 Å². The predicted octanol–water partition coefficient (Wildman–Crippen LogP) is 1.65. The van der Waals surface area contributed by atoms with Gasteiger partial charge in [-0.05, 0) is 0 Å². The maximum Gasteiger partial charge on any atom is 2.00 e. The van der Waals surface area contributed by atoms with Crippen LogP contribution in [0.1, 0.15) is 0 Å². The molecule has 0 fully saturated rings. The number of carbonyl (C=O) groups is 2. The number of nitrogens with zero attached hydrogens (tertiary/aromatic N) is 2.